The van der Waals surface area contributed by atoms with E-state index in [9.17, 15) is 29.6 Å². The van der Waals surface area contributed by atoms with Gasteiger partial charge in [-0.05, 0) is 39.0 Å². The molecule has 11 nitrogen and oxygen atoms in total. The summed E-state index contributed by atoms with van der Waals surface area (Å²) in [6.07, 6.45) is 2.70. The highest BCUT2D eigenvalue weighted by Gasteiger charge is 2.33. The van der Waals surface area contributed by atoms with Crippen molar-refractivity contribution in [3.8, 4) is 0 Å². The van der Waals surface area contributed by atoms with Crippen molar-refractivity contribution in [2.45, 2.75) is 58.0 Å². The van der Waals surface area contributed by atoms with Crippen molar-refractivity contribution in [2.24, 2.45) is 0 Å². The molecule has 1 aliphatic heterocycles. The summed E-state index contributed by atoms with van der Waals surface area (Å²) < 4.78 is 0. The summed E-state index contributed by atoms with van der Waals surface area (Å²) in [5, 5.41) is 34.2. The number of nitrogens with one attached hydrogen (secondary N) is 2. The van der Waals surface area contributed by atoms with Gasteiger partial charge >= 0.3 is 0 Å². The number of rotatable bonds is 11. The SMILES string of the molecule is CC(=O)N(O)CCC[C@@H]1NC(=O)[C@H](CCCN(O)C(=O)/C=C(\C)CCO)NC1=O. The van der Waals surface area contributed by atoms with Crippen molar-refractivity contribution < 1.29 is 34.7 Å². The molecule has 0 spiro atoms. The summed E-state index contributed by atoms with van der Waals surface area (Å²) in [4.78, 5) is 47.0. The largest absolute Gasteiger partial charge is 0.396 e. The van der Waals surface area contributed by atoms with Gasteiger partial charge in [-0.2, -0.15) is 0 Å². The number of hydrogen-bond acceptors (Lipinski definition) is 7. The van der Waals surface area contributed by atoms with Crippen molar-refractivity contribution >= 4 is 23.6 Å². The Hall–Kier alpha value is -2.50. The Balaban J connectivity index is 2.38. The maximum atomic E-state index is 12.2. The predicted molar refractivity (Wildman–Crippen MR) is 100 cm³/mol. The summed E-state index contributed by atoms with van der Waals surface area (Å²) in [6, 6.07) is -1.50. The van der Waals surface area contributed by atoms with Crippen LogP contribution in [-0.2, 0) is 19.2 Å². The molecule has 29 heavy (non-hydrogen) atoms. The highest BCUT2D eigenvalue weighted by Crippen LogP contribution is 2.09. The van der Waals surface area contributed by atoms with E-state index in [0.29, 0.717) is 28.5 Å². The zero-order valence-electron chi connectivity index (χ0n) is 16.8. The summed E-state index contributed by atoms with van der Waals surface area (Å²) >= 11 is 0. The number of hydrogen-bond donors (Lipinski definition) is 5. The van der Waals surface area contributed by atoms with Crippen LogP contribution in [0, 0.1) is 0 Å². The lowest BCUT2D eigenvalue weighted by molar-refractivity contribution is -0.163. The maximum absolute atomic E-state index is 12.2. The Morgan fingerprint density at radius 2 is 1.45 bits per heavy atom. The maximum Gasteiger partial charge on any atom is 0.269 e. The van der Waals surface area contributed by atoms with Crippen molar-refractivity contribution in [1.29, 1.82) is 0 Å². The Kier molecular flexibility index (Phi) is 10.3. The van der Waals surface area contributed by atoms with Crippen molar-refractivity contribution in [1.82, 2.24) is 20.8 Å². The molecular formula is C18H30N4O7. The van der Waals surface area contributed by atoms with Crippen LogP contribution in [0.1, 0.15) is 46.0 Å². The van der Waals surface area contributed by atoms with E-state index in [1.54, 1.807) is 6.92 Å². The van der Waals surface area contributed by atoms with Gasteiger partial charge in [0.1, 0.15) is 12.1 Å². The molecule has 11 heteroatoms. The van der Waals surface area contributed by atoms with E-state index in [-0.39, 0.29) is 50.8 Å². The van der Waals surface area contributed by atoms with E-state index in [1.807, 2.05) is 0 Å². The monoisotopic (exact) mass is 414 g/mol. The molecule has 0 unspecified atom stereocenters. The molecule has 1 rings (SSSR count). The Labute approximate surface area is 169 Å². The van der Waals surface area contributed by atoms with E-state index >= 15 is 0 Å². The molecule has 1 aliphatic rings. The zero-order valence-corrected chi connectivity index (χ0v) is 16.8. The third-order valence-electron chi connectivity index (χ3n) is 4.49. The van der Waals surface area contributed by atoms with Crippen LogP contribution in [0.4, 0.5) is 0 Å². The summed E-state index contributed by atoms with van der Waals surface area (Å²) in [6.45, 7) is 2.84. The lowest BCUT2D eigenvalue weighted by Gasteiger charge is -2.30. The van der Waals surface area contributed by atoms with Crippen LogP contribution in [0.5, 0.6) is 0 Å². The second kappa shape index (κ2) is 12.1. The quantitative estimate of drug-likeness (QED) is 0.170. The topological polar surface area (TPSA) is 160 Å². The zero-order chi connectivity index (χ0) is 22.0. The highest BCUT2D eigenvalue weighted by atomic mass is 16.5. The number of piperazine rings is 1. The van der Waals surface area contributed by atoms with Gasteiger partial charge in [0.25, 0.3) is 5.91 Å². The lowest BCUT2D eigenvalue weighted by atomic mass is 10.0. The molecule has 0 radical (unpaired) electrons. The van der Waals surface area contributed by atoms with Crippen LogP contribution in [0.25, 0.3) is 0 Å². The van der Waals surface area contributed by atoms with E-state index in [0.717, 1.165) is 0 Å². The van der Waals surface area contributed by atoms with E-state index in [1.165, 1.54) is 13.0 Å². The Bertz CT molecular complexity index is 638. The summed E-state index contributed by atoms with van der Waals surface area (Å²) in [7, 11) is 0. The van der Waals surface area contributed by atoms with Crippen molar-refractivity contribution in [3.05, 3.63) is 11.6 Å². The number of nitrogens with zero attached hydrogens (tertiary/aromatic N) is 2. The second-order valence-electron chi connectivity index (χ2n) is 6.97. The van der Waals surface area contributed by atoms with Gasteiger partial charge in [0.2, 0.25) is 17.7 Å². The number of carbonyl (C=O) groups is 4. The van der Waals surface area contributed by atoms with Gasteiger partial charge in [0, 0.05) is 32.7 Å². The lowest BCUT2D eigenvalue weighted by Crippen LogP contribution is -2.61. The molecule has 0 saturated carbocycles. The van der Waals surface area contributed by atoms with Gasteiger partial charge in [-0.15, -0.1) is 0 Å². The first-order chi connectivity index (χ1) is 13.6. The van der Waals surface area contributed by atoms with Gasteiger partial charge in [-0.25, -0.2) is 10.1 Å². The van der Waals surface area contributed by atoms with E-state index in [2.05, 4.69) is 10.6 Å². The minimum atomic E-state index is -0.763. The van der Waals surface area contributed by atoms with Crippen LogP contribution < -0.4 is 10.6 Å². The van der Waals surface area contributed by atoms with Crippen LogP contribution in [-0.4, -0.2) is 81.1 Å². The molecule has 1 saturated heterocycles. The first-order valence-electron chi connectivity index (χ1n) is 9.51. The first kappa shape index (κ1) is 24.5. The number of aliphatic hydroxyl groups is 1. The third-order valence-corrected chi connectivity index (χ3v) is 4.49. The summed E-state index contributed by atoms with van der Waals surface area (Å²) in [5.41, 5.74) is 0.633. The molecule has 4 amide bonds. The molecule has 0 aromatic rings. The van der Waals surface area contributed by atoms with Gasteiger partial charge in [0.05, 0.1) is 0 Å². The minimum Gasteiger partial charge on any atom is -0.396 e. The summed E-state index contributed by atoms with van der Waals surface area (Å²) in [5.74, 6) is -1.84. The van der Waals surface area contributed by atoms with Crippen molar-refractivity contribution in [3.63, 3.8) is 0 Å². The van der Waals surface area contributed by atoms with Crippen LogP contribution >= 0.6 is 0 Å². The van der Waals surface area contributed by atoms with Crippen LogP contribution in [0.2, 0.25) is 0 Å². The predicted octanol–water partition coefficient (Wildman–Crippen LogP) is -0.686. The average Bonchev–Trinajstić information content (AvgIpc) is 2.64. The normalized spacial score (nSPS) is 19.4. The van der Waals surface area contributed by atoms with Gasteiger partial charge in [0.15, 0.2) is 0 Å². The highest BCUT2D eigenvalue weighted by molar-refractivity contribution is 5.96. The molecular weight excluding hydrogens is 384 g/mol. The van der Waals surface area contributed by atoms with Crippen LogP contribution in [0.3, 0.4) is 0 Å². The Morgan fingerprint density at radius 3 is 1.90 bits per heavy atom. The number of carbonyl (C=O) groups excluding carboxylic acids is 4. The molecule has 5 N–H and O–H groups in total. The Morgan fingerprint density at radius 1 is 0.966 bits per heavy atom. The van der Waals surface area contributed by atoms with E-state index < -0.39 is 23.9 Å². The molecule has 0 aromatic carbocycles. The molecule has 0 aliphatic carbocycles. The van der Waals surface area contributed by atoms with Gasteiger partial charge < -0.3 is 15.7 Å². The first-order valence-corrected chi connectivity index (χ1v) is 9.51. The fourth-order valence-corrected chi connectivity index (χ4v) is 2.77. The fourth-order valence-electron chi connectivity index (χ4n) is 2.77. The number of aliphatic hydroxyl groups excluding tert-OH is 1. The fraction of sp³-hybridized carbons (Fsp3) is 0.667. The molecule has 0 aromatic heterocycles. The van der Waals surface area contributed by atoms with Gasteiger partial charge in [-0.1, -0.05) is 5.57 Å². The molecule has 1 fully saturated rings. The average molecular weight is 414 g/mol. The molecule has 2 atom stereocenters. The van der Waals surface area contributed by atoms with E-state index in [4.69, 9.17) is 5.11 Å². The number of hydroxylamine groups is 4. The molecule has 0 bridgehead atoms. The molecule has 164 valence electrons. The third kappa shape index (κ3) is 8.59. The number of amides is 4. The van der Waals surface area contributed by atoms with Crippen LogP contribution in [0.15, 0.2) is 11.6 Å². The molecule has 1 heterocycles. The second-order valence-corrected chi connectivity index (χ2v) is 6.97. The standard InChI is InChI=1S/C18H30N4O7/c1-12(7-10-23)11-16(25)22(29)9-4-6-15-18(27)19-14(17(26)20-15)5-3-8-21(28)13(2)24/h11,14-15,23,28-29H,3-10H2,1-2H3,(H,19,27)(H,20,26)/b12-11+/t14-,15-/m0/s1. The minimum absolute atomic E-state index is 0.0117. The van der Waals surface area contributed by atoms with Crippen molar-refractivity contribution in [2.75, 3.05) is 19.7 Å². The van der Waals surface area contributed by atoms with Gasteiger partial charge in [-0.3, -0.25) is 29.6 Å². The smallest absolute Gasteiger partial charge is 0.269 e.